The van der Waals surface area contributed by atoms with Gasteiger partial charge in [0.25, 0.3) is 0 Å². The number of hydrogen-bond donors (Lipinski definition) is 2. The zero-order valence-corrected chi connectivity index (χ0v) is 11.3. The van der Waals surface area contributed by atoms with Gasteiger partial charge in [-0.15, -0.1) is 0 Å². The maximum absolute atomic E-state index is 12.7. The van der Waals surface area contributed by atoms with Gasteiger partial charge in [0, 0.05) is 0 Å². The second-order valence-electron chi connectivity index (χ2n) is 4.33. The van der Waals surface area contributed by atoms with E-state index in [0.717, 1.165) is 24.3 Å². The largest absolute Gasteiger partial charge is 0.390 e. The predicted octanol–water partition coefficient (Wildman–Crippen LogP) is -0.738. The Bertz CT molecular complexity index is 668. The standard InChI is InChI=1S/C10H12FNO5S2/c11-7-1-3-8(4-2-7)19(16,17)12-9-5-18(14,15)6-10(9)13/h1-4,9-10,12-13H,5-6H2/t9-,10-/m0/s1. The highest BCUT2D eigenvalue weighted by molar-refractivity contribution is 7.92. The Kier molecular flexibility index (Phi) is 3.65. The fraction of sp³-hybridized carbons (Fsp3) is 0.400. The molecule has 0 aromatic heterocycles. The number of nitrogens with one attached hydrogen (secondary N) is 1. The molecule has 1 heterocycles. The van der Waals surface area contributed by atoms with Gasteiger partial charge in [-0.25, -0.2) is 25.9 Å². The van der Waals surface area contributed by atoms with Crippen LogP contribution in [0.3, 0.4) is 0 Å². The lowest BCUT2D eigenvalue weighted by Gasteiger charge is -2.15. The van der Waals surface area contributed by atoms with E-state index in [2.05, 4.69) is 4.72 Å². The molecule has 0 aliphatic carbocycles. The van der Waals surface area contributed by atoms with Crippen molar-refractivity contribution in [2.24, 2.45) is 0 Å². The second kappa shape index (κ2) is 4.82. The summed E-state index contributed by atoms with van der Waals surface area (Å²) in [6.07, 6.45) is -1.28. The van der Waals surface area contributed by atoms with Crippen LogP contribution in [0, 0.1) is 5.82 Å². The Morgan fingerprint density at radius 2 is 1.79 bits per heavy atom. The van der Waals surface area contributed by atoms with Crippen LogP contribution >= 0.6 is 0 Å². The minimum absolute atomic E-state index is 0.189. The first-order valence-electron chi connectivity index (χ1n) is 5.36. The van der Waals surface area contributed by atoms with Crippen LogP contribution < -0.4 is 4.72 Å². The SMILES string of the molecule is O=S1(=O)C[C@H](NS(=O)(=O)c2ccc(F)cc2)[C@@H](O)C1. The Balaban J connectivity index is 2.21. The van der Waals surface area contributed by atoms with Crippen LogP contribution in [0.25, 0.3) is 0 Å². The van der Waals surface area contributed by atoms with Gasteiger partial charge in [0.1, 0.15) is 5.82 Å². The maximum atomic E-state index is 12.7. The van der Waals surface area contributed by atoms with E-state index in [1.165, 1.54) is 0 Å². The van der Waals surface area contributed by atoms with Crippen LogP contribution in [0.4, 0.5) is 4.39 Å². The van der Waals surface area contributed by atoms with Crippen LogP contribution in [0.15, 0.2) is 29.2 Å². The first-order chi connectivity index (χ1) is 8.70. The van der Waals surface area contributed by atoms with Gasteiger partial charge in [-0.05, 0) is 24.3 Å². The number of halogens is 1. The minimum Gasteiger partial charge on any atom is -0.390 e. The average Bonchev–Trinajstić information content (AvgIpc) is 2.51. The number of rotatable bonds is 3. The van der Waals surface area contributed by atoms with Gasteiger partial charge in [0.15, 0.2) is 9.84 Å². The second-order valence-corrected chi connectivity index (χ2v) is 8.19. The van der Waals surface area contributed by atoms with Crippen molar-refractivity contribution < 1.29 is 26.3 Å². The highest BCUT2D eigenvalue weighted by Gasteiger charge is 2.38. The highest BCUT2D eigenvalue weighted by Crippen LogP contribution is 2.16. The summed E-state index contributed by atoms with van der Waals surface area (Å²) in [5.74, 6) is -1.50. The summed E-state index contributed by atoms with van der Waals surface area (Å²) in [6, 6.07) is 3.01. The Morgan fingerprint density at radius 1 is 1.21 bits per heavy atom. The van der Waals surface area contributed by atoms with Crippen molar-refractivity contribution in [1.29, 1.82) is 0 Å². The van der Waals surface area contributed by atoms with E-state index in [9.17, 15) is 26.3 Å². The molecule has 0 bridgehead atoms. The lowest BCUT2D eigenvalue weighted by Crippen LogP contribution is -2.42. The van der Waals surface area contributed by atoms with E-state index in [4.69, 9.17) is 0 Å². The highest BCUT2D eigenvalue weighted by atomic mass is 32.2. The van der Waals surface area contributed by atoms with E-state index in [1.54, 1.807) is 0 Å². The van der Waals surface area contributed by atoms with E-state index in [-0.39, 0.29) is 4.90 Å². The molecule has 1 aliphatic rings. The van der Waals surface area contributed by atoms with Crippen molar-refractivity contribution in [3.63, 3.8) is 0 Å². The molecule has 1 aromatic carbocycles. The molecule has 0 amide bonds. The summed E-state index contributed by atoms with van der Waals surface area (Å²) in [4.78, 5) is -0.189. The summed E-state index contributed by atoms with van der Waals surface area (Å²) in [6.45, 7) is 0. The molecule has 1 aromatic rings. The summed E-state index contributed by atoms with van der Waals surface area (Å²) >= 11 is 0. The summed E-state index contributed by atoms with van der Waals surface area (Å²) < 4.78 is 61.2. The number of sulfone groups is 1. The monoisotopic (exact) mass is 309 g/mol. The van der Waals surface area contributed by atoms with E-state index in [0.29, 0.717) is 0 Å². The van der Waals surface area contributed by atoms with Crippen molar-refractivity contribution in [3.8, 4) is 0 Å². The third-order valence-electron chi connectivity index (χ3n) is 2.75. The fourth-order valence-electron chi connectivity index (χ4n) is 1.82. The first-order valence-corrected chi connectivity index (χ1v) is 8.66. The van der Waals surface area contributed by atoms with Crippen LogP contribution in [0.2, 0.25) is 0 Å². The molecule has 1 fully saturated rings. The number of benzene rings is 1. The van der Waals surface area contributed by atoms with Crippen molar-refractivity contribution in [3.05, 3.63) is 30.1 Å². The zero-order chi connectivity index (χ0) is 14.3. The molecule has 0 unspecified atom stereocenters. The maximum Gasteiger partial charge on any atom is 0.240 e. The van der Waals surface area contributed by atoms with Crippen LogP contribution in [-0.2, 0) is 19.9 Å². The van der Waals surface area contributed by atoms with Crippen molar-refractivity contribution in [1.82, 2.24) is 4.72 Å². The number of aliphatic hydroxyl groups is 1. The molecule has 0 spiro atoms. The van der Waals surface area contributed by atoms with Gasteiger partial charge < -0.3 is 5.11 Å². The van der Waals surface area contributed by atoms with Gasteiger partial charge in [-0.1, -0.05) is 0 Å². The zero-order valence-electron chi connectivity index (χ0n) is 9.65. The molecule has 19 heavy (non-hydrogen) atoms. The predicted molar refractivity (Wildman–Crippen MR) is 65.2 cm³/mol. The number of hydrogen-bond acceptors (Lipinski definition) is 5. The first kappa shape index (κ1) is 14.4. The quantitative estimate of drug-likeness (QED) is 0.766. The average molecular weight is 309 g/mol. The molecule has 106 valence electrons. The third-order valence-corrected chi connectivity index (χ3v) is 5.98. The Hall–Kier alpha value is -1.03. The van der Waals surface area contributed by atoms with E-state index < -0.39 is 49.3 Å². The number of sulfonamides is 1. The summed E-state index contributed by atoms with van der Waals surface area (Å²) in [7, 11) is -7.43. The molecule has 2 N–H and O–H groups in total. The van der Waals surface area contributed by atoms with Gasteiger partial charge in [-0.2, -0.15) is 0 Å². The Labute approximate surface area is 110 Å². The topological polar surface area (TPSA) is 101 Å². The van der Waals surface area contributed by atoms with Crippen molar-refractivity contribution in [2.45, 2.75) is 17.0 Å². The van der Waals surface area contributed by atoms with Gasteiger partial charge in [0.05, 0.1) is 28.5 Å². The molecule has 0 radical (unpaired) electrons. The molecule has 2 rings (SSSR count). The van der Waals surface area contributed by atoms with Crippen LogP contribution in [0.5, 0.6) is 0 Å². The lowest BCUT2D eigenvalue weighted by molar-refractivity contribution is 0.176. The van der Waals surface area contributed by atoms with Gasteiger partial charge >= 0.3 is 0 Å². The molecule has 1 aliphatic heterocycles. The molecule has 6 nitrogen and oxygen atoms in total. The van der Waals surface area contributed by atoms with Crippen LogP contribution in [-0.4, -0.2) is 45.6 Å². The minimum atomic E-state index is -3.98. The molecule has 9 heteroatoms. The smallest absolute Gasteiger partial charge is 0.240 e. The lowest BCUT2D eigenvalue weighted by atomic mass is 10.2. The van der Waals surface area contributed by atoms with Gasteiger partial charge in [0.2, 0.25) is 10.0 Å². The molecule has 2 atom stereocenters. The van der Waals surface area contributed by atoms with Crippen molar-refractivity contribution in [2.75, 3.05) is 11.5 Å². The van der Waals surface area contributed by atoms with Crippen molar-refractivity contribution >= 4 is 19.9 Å². The van der Waals surface area contributed by atoms with Gasteiger partial charge in [-0.3, -0.25) is 0 Å². The number of aliphatic hydroxyl groups excluding tert-OH is 1. The Morgan fingerprint density at radius 3 is 2.26 bits per heavy atom. The van der Waals surface area contributed by atoms with Crippen LogP contribution in [0.1, 0.15) is 0 Å². The normalized spacial score (nSPS) is 26.4. The molecule has 1 saturated heterocycles. The third kappa shape index (κ3) is 3.30. The summed E-state index contributed by atoms with van der Waals surface area (Å²) in [5.41, 5.74) is 0. The van der Waals surface area contributed by atoms with E-state index >= 15 is 0 Å². The molecular formula is C10H12FNO5S2. The molecular weight excluding hydrogens is 297 g/mol. The molecule has 0 saturated carbocycles. The fourth-order valence-corrected chi connectivity index (χ4v) is 4.94. The summed E-state index contributed by atoms with van der Waals surface area (Å²) in [5, 5.41) is 9.51. The van der Waals surface area contributed by atoms with E-state index in [1.807, 2.05) is 0 Å².